The summed E-state index contributed by atoms with van der Waals surface area (Å²) in [6.45, 7) is 8.58. The van der Waals surface area contributed by atoms with E-state index >= 15 is 0 Å². The summed E-state index contributed by atoms with van der Waals surface area (Å²) in [4.78, 5) is 27.2. The number of nitrogens with zero attached hydrogens (tertiary/aromatic N) is 1. The fourth-order valence-electron chi connectivity index (χ4n) is 3.89. The van der Waals surface area contributed by atoms with Crippen LogP contribution in [0.4, 0.5) is 0 Å². The van der Waals surface area contributed by atoms with E-state index in [1.165, 1.54) is 5.56 Å². The van der Waals surface area contributed by atoms with E-state index in [0.717, 1.165) is 57.2 Å². The topological polar surface area (TPSA) is 49.4 Å². The Morgan fingerprint density at radius 3 is 2.23 bits per heavy atom. The number of amides is 2. The van der Waals surface area contributed by atoms with E-state index in [0.29, 0.717) is 12.5 Å². The molecule has 26 heavy (non-hydrogen) atoms. The number of carbonyl (C=O) groups excluding carboxylic acids is 2. The first-order chi connectivity index (χ1) is 12.5. The van der Waals surface area contributed by atoms with Crippen molar-refractivity contribution in [3.05, 3.63) is 35.4 Å². The summed E-state index contributed by atoms with van der Waals surface area (Å²) in [5.74, 6) is 0.590. The molecule has 4 nitrogen and oxygen atoms in total. The average molecular weight is 359 g/mol. The number of hydrogen-bond acceptors (Lipinski definition) is 2. The van der Waals surface area contributed by atoms with Crippen molar-refractivity contribution in [1.29, 1.82) is 0 Å². The summed E-state index contributed by atoms with van der Waals surface area (Å²) in [6, 6.07) is 8.22. The molecule has 0 saturated heterocycles. The van der Waals surface area contributed by atoms with Gasteiger partial charge in [-0.05, 0) is 51.0 Å². The van der Waals surface area contributed by atoms with E-state index in [4.69, 9.17) is 0 Å². The molecular formula is C22H34N2O2. The van der Waals surface area contributed by atoms with E-state index in [1.807, 2.05) is 17.0 Å². The Bertz CT molecular complexity index is 586. The molecule has 1 aliphatic rings. The quantitative estimate of drug-likeness (QED) is 0.762. The molecule has 0 atom stereocenters. The molecule has 1 aromatic rings. The summed E-state index contributed by atoms with van der Waals surface area (Å²) in [5.41, 5.74) is 2.34. The van der Waals surface area contributed by atoms with Crippen LogP contribution in [0.2, 0.25) is 0 Å². The summed E-state index contributed by atoms with van der Waals surface area (Å²) in [5, 5.41) is 3.07. The first kappa shape index (κ1) is 20.5. The maximum Gasteiger partial charge on any atom is 0.225 e. The molecule has 0 heterocycles. The van der Waals surface area contributed by atoms with Gasteiger partial charge in [-0.2, -0.15) is 0 Å². The number of hydrogen-bond donors (Lipinski definition) is 1. The second-order valence-electron chi connectivity index (χ2n) is 7.58. The fourth-order valence-corrected chi connectivity index (χ4v) is 3.89. The molecule has 1 fully saturated rings. The zero-order chi connectivity index (χ0) is 18.9. The van der Waals surface area contributed by atoms with Crippen LogP contribution in [0.5, 0.6) is 0 Å². The summed E-state index contributed by atoms with van der Waals surface area (Å²) in [7, 11) is 0. The van der Waals surface area contributed by atoms with E-state index in [9.17, 15) is 9.59 Å². The van der Waals surface area contributed by atoms with Gasteiger partial charge in [0.25, 0.3) is 0 Å². The minimum atomic E-state index is 0.0506. The second kappa shape index (κ2) is 10.3. The Hall–Kier alpha value is -1.84. The van der Waals surface area contributed by atoms with Crippen molar-refractivity contribution < 1.29 is 9.59 Å². The zero-order valence-electron chi connectivity index (χ0n) is 16.6. The number of benzene rings is 1. The Balaban J connectivity index is 1.79. The molecule has 0 unspecified atom stereocenters. The van der Waals surface area contributed by atoms with Crippen LogP contribution in [0.1, 0.15) is 63.5 Å². The lowest BCUT2D eigenvalue weighted by Crippen LogP contribution is -2.40. The SMILES string of the molecule is CCCN(CCC)C(=O)C1CCC(C(=O)NCc2cccc(C)c2)CC1. The Kier molecular flexibility index (Phi) is 8.14. The molecule has 144 valence electrons. The lowest BCUT2D eigenvalue weighted by atomic mass is 9.81. The van der Waals surface area contributed by atoms with Crippen LogP contribution in [0.3, 0.4) is 0 Å². The number of rotatable bonds is 8. The first-order valence-corrected chi connectivity index (χ1v) is 10.2. The maximum absolute atomic E-state index is 12.7. The van der Waals surface area contributed by atoms with Crippen molar-refractivity contribution in [3.8, 4) is 0 Å². The van der Waals surface area contributed by atoms with Crippen molar-refractivity contribution >= 4 is 11.8 Å². The third kappa shape index (κ3) is 5.86. The smallest absolute Gasteiger partial charge is 0.225 e. The van der Waals surface area contributed by atoms with Crippen LogP contribution in [-0.4, -0.2) is 29.8 Å². The Labute approximate surface area is 158 Å². The molecule has 0 radical (unpaired) electrons. The van der Waals surface area contributed by atoms with E-state index in [2.05, 4.69) is 38.2 Å². The molecule has 2 amide bonds. The maximum atomic E-state index is 12.7. The van der Waals surface area contributed by atoms with Crippen molar-refractivity contribution in [3.63, 3.8) is 0 Å². The standard InChI is InChI=1S/C22H34N2O2/c1-4-13-24(14-5-2)22(26)20-11-9-19(10-12-20)21(25)23-16-18-8-6-7-17(3)15-18/h6-8,15,19-20H,4-5,9-14,16H2,1-3H3,(H,23,25). The Morgan fingerprint density at radius 2 is 1.65 bits per heavy atom. The lowest BCUT2D eigenvalue weighted by molar-refractivity contribution is -0.138. The highest BCUT2D eigenvalue weighted by Crippen LogP contribution is 2.30. The van der Waals surface area contributed by atoms with Gasteiger partial charge in [-0.25, -0.2) is 0 Å². The van der Waals surface area contributed by atoms with Gasteiger partial charge < -0.3 is 10.2 Å². The molecule has 0 aliphatic heterocycles. The van der Waals surface area contributed by atoms with E-state index in [1.54, 1.807) is 0 Å². The zero-order valence-corrected chi connectivity index (χ0v) is 16.6. The molecule has 0 bridgehead atoms. The third-order valence-corrected chi connectivity index (χ3v) is 5.30. The predicted molar refractivity (Wildman–Crippen MR) is 106 cm³/mol. The van der Waals surface area contributed by atoms with Crippen LogP contribution < -0.4 is 5.32 Å². The first-order valence-electron chi connectivity index (χ1n) is 10.2. The number of carbonyl (C=O) groups is 2. The highest BCUT2D eigenvalue weighted by molar-refractivity contribution is 5.81. The molecule has 1 aromatic carbocycles. The molecule has 1 aliphatic carbocycles. The largest absolute Gasteiger partial charge is 0.352 e. The highest BCUT2D eigenvalue weighted by atomic mass is 16.2. The van der Waals surface area contributed by atoms with Gasteiger partial charge in [0, 0.05) is 31.5 Å². The van der Waals surface area contributed by atoms with Gasteiger partial charge in [-0.1, -0.05) is 43.7 Å². The van der Waals surface area contributed by atoms with Gasteiger partial charge >= 0.3 is 0 Å². The molecule has 1 saturated carbocycles. The van der Waals surface area contributed by atoms with Gasteiger partial charge in [-0.3, -0.25) is 9.59 Å². The molecular weight excluding hydrogens is 324 g/mol. The van der Waals surface area contributed by atoms with Crippen molar-refractivity contribution in [2.24, 2.45) is 11.8 Å². The van der Waals surface area contributed by atoms with Gasteiger partial charge in [0.05, 0.1) is 0 Å². The van der Waals surface area contributed by atoms with E-state index in [-0.39, 0.29) is 17.7 Å². The predicted octanol–water partition coefficient (Wildman–Crippen LogP) is 4.07. The monoisotopic (exact) mass is 358 g/mol. The van der Waals surface area contributed by atoms with Crippen LogP contribution in [0.15, 0.2) is 24.3 Å². The third-order valence-electron chi connectivity index (χ3n) is 5.30. The average Bonchev–Trinajstić information content (AvgIpc) is 2.65. The highest BCUT2D eigenvalue weighted by Gasteiger charge is 2.31. The van der Waals surface area contributed by atoms with Crippen molar-refractivity contribution in [1.82, 2.24) is 10.2 Å². The minimum Gasteiger partial charge on any atom is -0.352 e. The van der Waals surface area contributed by atoms with Crippen molar-refractivity contribution in [2.45, 2.75) is 65.8 Å². The van der Waals surface area contributed by atoms with Gasteiger partial charge in [0.2, 0.25) is 11.8 Å². The molecule has 1 N–H and O–H groups in total. The minimum absolute atomic E-state index is 0.0506. The molecule has 4 heteroatoms. The van der Waals surface area contributed by atoms with Crippen LogP contribution in [-0.2, 0) is 16.1 Å². The lowest BCUT2D eigenvalue weighted by Gasteiger charge is -2.31. The normalized spacial score (nSPS) is 19.8. The number of aryl methyl sites for hydroxylation is 1. The van der Waals surface area contributed by atoms with Crippen LogP contribution in [0.25, 0.3) is 0 Å². The van der Waals surface area contributed by atoms with Crippen molar-refractivity contribution in [2.75, 3.05) is 13.1 Å². The fraction of sp³-hybridized carbons (Fsp3) is 0.636. The van der Waals surface area contributed by atoms with E-state index < -0.39 is 0 Å². The summed E-state index contributed by atoms with van der Waals surface area (Å²) < 4.78 is 0. The molecule has 0 spiro atoms. The summed E-state index contributed by atoms with van der Waals surface area (Å²) in [6.07, 6.45) is 5.33. The van der Waals surface area contributed by atoms with Gasteiger partial charge in [0.1, 0.15) is 0 Å². The summed E-state index contributed by atoms with van der Waals surface area (Å²) >= 11 is 0. The Morgan fingerprint density at radius 1 is 1.04 bits per heavy atom. The second-order valence-corrected chi connectivity index (χ2v) is 7.58. The number of nitrogens with one attached hydrogen (secondary N) is 1. The van der Waals surface area contributed by atoms with Crippen LogP contribution >= 0.6 is 0 Å². The van der Waals surface area contributed by atoms with Gasteiger partial charge in [-0.15, -0.1) is 0 Å². The molecule has 0 aromatic heterocycles. The molecule has 2 rings (SSSR count). The van der Waals surface area contributed by atoms with Crippen LogP contribution in [0, 0.1) is 18.8 Å². The van der Waals surface area contributed by atoms with Gasteiger partial charge in [0.15, 0.2) is 0 Å².